The van der Waals surface area contributed by atoms with E-state index in [4.69, 9.17) is 9.26 Å². The minimum absolute atomic E-state index is 0.0257. The zero-order valence-corrected chi connectivity index (χ0v) is 16.7. The summed E-state index contributed by atoms with van der Waals surface area (Å²) < 4.78 is 11.1. The molecule has 0 saturated heterocycles. The number of carbonyl (C=O) groups is 1. The summed E-state index contributed by atoms with van der Waals surface area (Å²) in [5.74, 6) is 1.49. The predicted octanol–water partition coefficient (Wildman–Crippen LogP) is 4.17. The molecular weight excluding hydrogens is 354 g/mol. The van der Waals surface area contributed by atoms with Gasteiger partial charge in [0.1, 0.15) is 12.3 Å². The Hall–Kier alpha value is -3.15. The second kappa shape index (κ2) is 8.69. The topological polar surface area (TPSA) is 68.5 Å². The van der Waals surface area contributed by atoms with E-state index in [2.05, 4.69) is 10.1 Å². The number of aryl methyl sites for hydroxylation is 2. The van der Waals surface area contributed by atoms with Crippen LogP contribution in [0.15, 0.2) is 53.1 Å². The Kier molecular flexibility index (Phi) is 6.09. The largest absolute Gasteiger partial charge is 0.483 e. The first-order valence-corrected chi connectivity index (χ1v) is 9.31. The van der Waals surface area contributed by atoms with Crippen molar-refractivity contribution in [2.45, 2.75) is 40.3 Å². The number of ether oxygens (including phenoxy) is 1. The van der Waals surface area contributed by atoms with Crippen molar-refractivity contribution in [1.29, 1.82) is 0 Å². The zero-order valence-electron chi connectivity index (χ0n) is 16.7. The third-order valence-electron chi connectivity index (χ3n) is 4.43. The maximum absolute atomic E-state index is 12.7. The van der Waals surface area contributed by atoms with Crippen LogP contribution in [-0.4, -0.2) is 33.6 Å². The average Bonchev–Trinajstić information content (AvgIpc) is 3.14. The number of nitrogens with zero attached hydrogens (tertiary/aromatic N) is 3. The fourth-order valence-corrected chi connectivity index (χ4v) is 2.91. The molecule has 1 heterocycles. The maximum Gasteiger partial charge on any atom is 0.261 e. The Labute approximate surface area is 165 Å². The highest BCUT2D eigenvalue weighted by atomic mass is 16.5. The van der Waals surface area contributed by atoms with E-state index in [1.807, 2.05) is 76.2 Å². The number of hydrogen-bond acceptors (Lipinski definition) is 5. The summed E-state index contributed by atoms with van der Waals surface area (Å²) in [6.07, 6.45) is 0. The van der Waals surface area contributed by atoms with Gasteiger partial charge < -0.3 is 14.2 Å². The SMILES string of the molecule is Cc1ccc(OCC(=O)N(Cc2nc(-c3ccccc3)no2)C(C)C)c(C)c1. The normalized spacial score (nSPS) is 10.9. The molecule has 6 heteroatoms. The van der Waals surface area contributed by atoms with Crippen LogP contribution in [0.3, 0.4) is 0 Å². The molecule has 0 spiro atoms. The van der Waals surface area contributed by atoms with E-state index in [0.29, 0.717) is 17.5 Å². The fourth-order valence-electron chi connectivity index (χ4n) is 2.91. The molecule has 0 aliphatic carbocycles. The van der Waals surface area contributed by atoms with Gasteiger partial charge in [0, 0.05) is 11.6 Å². The summed E-state index contributed by atoms with van der Waals surface area (Å²) in [7, 11) is 0. The van der Waals surface area contributed by atoms with Gasteiger partial charge in [-0.25, -0.2) is 0 Å². The summed E-state index contributed by atoms with van der Waals surface area (Å²) in [6.45, 7) is 8.09. The van der Waals surface area contributed by atoms with E-state index in [-0.39, 0.29) is 25.1 Å². The first-order valence-electron chi connectivity index (χ1n) is 9.31. The van der Waals surface area contributed by atoms with Crippen LogP contribution in [0.25, 0.3) is 11.4 Å². The number of benzene rings is 2. The molecule has 0 bridgehead atoms. The van der Waals surface area contributed by atoms with Crippen molar-refractivity contribution in [2.75, 3.05) is 6.61 Å². The molecule has 0 aliphatic rings. The Bertz CT molecular complexity index is 935. The highest BCUT2D eigenvalue weighted by Crippen LogP contribution is 2.20. The molecule has 146 valence electrons. The Balaban J connectivity index is 1.66. The second-order valence-corrected chi connectivity index (χ2v) is 7.05. The van der Waals surface area contributed by atoms with Gasteiger partial charge in [0.05, 0.1) is 0 Å². The standard InChI is InChI=1S/C22H25N3O3/c1-15(2)25(21(26)14-27-19-11-10-16(3)12-17(19)4)13-20-23-22(24-28-20)18-8-6-5-7-9-18/h5-12,15H,13-14H2,1-4H3. The third-order valence-corrected chi connectivity index (χ3v) is 4.43. The van der Waals surface area contributed by atoms with Crippen molar-refractivity contribution in [1.82, 2.24) is 15.0 Å². The van der Waals surface area contributed by atoms with Crippen LogP contribution >= 0.6 is 0 Å². The van der Waals surface area contributed by atoms with Crippen molar-refractivity contribution in [3.8, 4) is 17.1 Å². The minimum atomic E-state index is -0.130. The van der Waals surface area contributed by atoms with Crippen LogP contribution in [-0.2, 0) is 11.3 Å². The molecule has 1 aromatic heterocycles. The lowest BCUT2D eigenvalue weighted by atomic mass is 10.1. The number of aromatic nitrogens is 2. The van der Waals surface area contributed by atoms with Gasteiger partial charge in [-0.3, -0.25) is 4.79 Å². The van der Waals surface area contributed by atoms with Gasteiger partial charge >= 0.3 is 0 Å². The minimum Gasteiger partial charge on any atom is -0.483 e. The lowest BCUT2D eigenvalue weighted by Gasteiger charge is -2.25. The molecule has 3 aromatic rings. The quantitative estimate of drug-likeness (QED) is 0.616. The summed E-state index contributed by atoms with van der Waals surface area (Å²) in [4.78, 5) is 18.8. The smallest absolute Gasteiger partial charge is 0.261 e. The monoisotopic (exact) mass is 379 g/mol. The van der Waals surface area contributed by atoms with E-state index >= 15 is 0 Å². The second-order valence-electron chi connectivity index (χ2n) is 7.05. The molecule has 0 unspecified atom stereocenters. The highest BCUT2D eigenvalue weighted by molar-refractivity contribution is 5.78. The molecule has 3 rings (SSSR count). The molecule has 2 aromatic carbocycles. The lowest BCUT2D eigenvalue weighted by Crippen LogP contribution is -2.39. The molecule has 0 atom stereocenters. The third kappa shape index (κ3) is 4.76. The van der Waals surface area contributed by atoms with Crippen molar-refractivity contribution in [2.24, 2.45) is 0 Å². The Morgan fingerprint density at radius 3 is 2.57 bits per heavy atom. The predicted molar refractivity (Wildman–Crippen MR) is 107 cm³/mol. The number of hydrogen-bond donors (Lipinski definition) is 0. The molecule has 0 N–H and O–H groups in total. The summed E-state index contributed by atoms with van der Waals surface area (Å²) in [6, 6.07) is 15.5. The molecule has 0 aliphatic heterocycles. The van der Waals surface area contributed by atoms with Crippen LogP contribution in [0.2, 0.25) is 0 Å². The molecule has 1 amide bonds. The van der Waals surface area contributed by atoms with Gasteiger partial charge in [0.15, 0.2) is 6.61 Å². The zero-order chi connectivity index (χ0) is 20.1. The maximum atomic E-state index is 12.7. The van der Waals surface area contributed by atoms with Gasteiger partial charge in [-0.1, -0.05) is 53.2 Å². The first kappa shape index (κ1) is 19.6. The van der Waals surface area contributed by atoms with E-state index in [1.54, 1.807) is 4.90 Å². The fraction of sp³-hybridized carbons (Fsp3) is 0.318. The van der Waals surface area contributed by atoms with E-state index in [0.717, 1.165) is 16.7 Å². The van der Waals surface area contributed by atoms with E-state index in [9.17, 15) is 4.79 Å². The molecule has 0 radical (unpaired) electrons. The molecular formula is C22H25N3O3. The Morgan fingerprint density at radius 1 is 1.14 bits per heavy atom. The molecule has 0 fully saturated rings. The van der Waals surface area contributed by atoms with Gasteiger partial charge in [-0.15, -0.1) is 0 Å². The average molecular weight is 379 g/mol. The van der Waals surface area contributed by atoms with Crippen LogP contribution in [0.4, 0.5) is 0 Å². The first-order chi connectivity index (χ1) is 13.4. The van der Waals surface area contributed by atoms with Crippen molar-refractivity contribution < 1.29 is 14.1 Å². The molecule has 0 saturated carbocycles. The Morgan fingerprint density at radius 2 is 1.89 bits per heavy atom. The van der Waals surface area contributed by atoms with Gasteiger partial charge in [0.2, 0.25) is 11.7 Å². The number of amides is 1. The summed E-state index contributed by atoms with van der Waals surface area (Å²) in [5, 5.41) is 4.02. The van der Waals surface area contributed by atoms with Gasteiger partial charge in [-0.2, -0.15) is 4.98 Å². The van der Waals surface area contributed by atoms with Crippen molar-refractivity contribution >= 4 is 5.91 Å². The van der Waals surface area contributed by atoms with Gasteiger partial charge in [-0.05, 0) is 39.3 Å². The van der Waals surface area contributed by atoms with Crippen molar-refractivity contribution in [3.63, 3.8) is 0 Å². The lowest BCUT2D eigenvalue weighted by molar-refractivity contribution is -0.136. The summed E-state index contributed by atoms with van der Waals surface area (Å²) >= 11 is 0. The van der Waals surface area contributed by atoms with Crippen molar-refractivity contribution in [3.05, 3.63) is 65.5 Å². The van der Waals surface area contributed by atoms with Crippen LogP contribution in [0.5, 0.6) is 5.75 Å². The van der Waals surface area contributed by atoms with Crippen LogP contribution < -0.4 is 4.74 Å². The van der Waals surface area contributed by atoms with Crippen LogP contribution in [0.1, 0.15) is 30.9 Å². The number of rotatable bonds is 7. The number of carbonyl (C=O) groups excluding carboxylic acids is 1. The highest BCUT2D eigenvalue weighted by Gasteiger charge is 2.21. The summed E-state index contributed by atoms with van der Waals surface area (Å²) in [5.41, 5.74) is 3.04. The van der Waals surface area contributed by atoms with E-state index in [1.165, 1.54) is 0 Å². The van der Waals surface area contributed by atoms with Crippen LogP contribution in [0, 0.1) is 13.8 Å². The van der Waals surface area contributed by atoms with E-state index < -0.39 is 0 Å². The molecule has 28 heavy (non-hydrogen) atoms. The molecule has 6 nitrogen and oxygen atoms in total. The van der Waals surface area contributed by atoms with Gasteiger partial charge in [0.25, 0.3) is 5.91 Å².